The number of benzene rings is 2. The van der Waals surface area contributed by atoms with Crippen LogP contribution in [0, 0.1) is 12.7 Å². The average molecular weight is 314 g/mol. The number of hydrogen-bond donors (Lipinski definition) is 1. The summed E-state index contributed by atoms with van der Waals surface area (Å²) in [5, 5.41) is 0. The maximum absolute atomic E-state index is 13.5. The first-order valence-electron chi connectivity index (χ1n) is 7.26. The second kappa shape index (κ2) is 7.05. The van der Waals surface area contributed by atoms with Crippen LogP contribution in [0.4, 0.5) is 4.39 Å². The number of rotatable bonds is 5. The third-order valence-corrected chi connectivity index (χ3v) is 3.80. The average Bonchev–Trinajstić information content (AvgIpc) is 2.54. The van der Waals surface area contributed by atoms with Gasteiger partial charge in [-0.25, -0.2) is 4.39 Å². The van der Waals surface area contributed by atoms with Crippen molar-refractivity contribution in [2.45, 2.75) is 19.4 Å². The van der Waals surface area contributed by atoms with Crippen LogP contribution < -0.4 is 5.73 Å². The molecule has 1 atom stereocenters. The molecule has 2 aromatic carbocycles. The molecule has 0 aliphatic carbocycles. The predicted molar refractivity (Wildman–Crippen MR) is 86.2 cm³/mol. The molecule has 0 aliphatic rings. The fourth-order valence-corrected chi connectivity index (χ4v) is 2.50. The lowest BCUT2D eigenvalue weighted by Crippen LogP contribution is -2.34. The summed E-state index contributed by atoms with van der Waals surface area (Å²) in [4.78, 5) is 25.5. The first-order valence-corrected chi connectivity index (χ1v) is 7.26. The Morgan fingerprint density at radius 2 is 1.83 bits per heavy atom. The van der Waals surface area contributed by atoms with Crippen LogP contribution in [0.5, 0.6) is 0 Å². The fraction of sp³-hybridized carbons (Fsp3) is 0.222. The highest BCUT2D eigenvalue weighted by Gasteiger charge is 2.25. The fourth-order valence-electron chi connectivity index (χ4n) is 2.50. The topological polar surface area (TPSA) is 63.4 Å². The molecule has 0 spiro atoms. The van der Waals surface area contributed by atoms with Crippen LogP contribution in [0.15, 0.2) is 48.5 Å². The van der Waals surface area contributed by atoms with Crippen molar-refractivity contribution in [3.63, 3.8) is 0 Å². The molecule has 0 bridgehead atoms. The third-order valence-electron chi connectivity index (χ3n) is 3.80. The molecular weight excluding hydrogens is 295 g/mol. The Labute approximate surface area is 134 Å². The Hall–Kier alpha value is -2.69. The van der Waals surface area contributed by atoms with E-state index in [1.807, 2.05) is 30.3 Å². The molecule has 2 N–H and O–H groups in total. The molecule has 0 heterocycles. The van der Waals surface area contributed by atoms with Crippen molar-refractivity contribution in [3.05, 3.63) is 71.0 Å². The third kappa shape index (κ3) is 3.94. The zero-order valence-electron chi connectivity index (χ0n) is 13.1. The summed E-state index contributed by atoms with van der Waals surface area (Å²) < 4.78 is 13.5. The van der Waals surface area contributed by atoms with Gasteiger partial charge < -0.3 is 10.6 Å². The number of nitrogens with two attached hydrogens (primary N) is 1. The van der Waals surface area contributed by atoms with Gasteiger partial charge in [0.25, 0.3) is 5.91 Å². The monoisotopic (exact) mass is 314 g/mol. The molecule has 0 radical (unpaired) electrons. The molecule has 0 aromatic heterocycles. The van der Waals surface area contributed by atoms with Gasteiger partial charge in [-0.15, -0.1) is 0 Å². The van der Waals surface area contributed by atoms with Gasteiger partial charge >= 0.3 is 0 Å². The van der Waals surface area contributed by atoms with Crippen molar-refractivity contribution >= 4 is 11.8 Å². The van der Waals surface area contributed by atoms with Crippen molar-refractivity contribution < 1.29 is 14.0 Å². The van der Waals surface area contributed by atoms with Gasteiger partial charge in [0.15, 0.2) is 0 Å². The lowest BCUT2D eigenvalue weighted by Gasteiger charge is -2.28. The minimum atomic E-state index is -0.505. The number of nitrogens with zero attached hydrogens (tertiary/aromatic N) is 1. The normalized spacial score (nSPS) is 11.8. The summed E-state index contributed by atoms with van der Waals surface area (Å²) in [7, 11) is 1.59. The van der Waals surface area contributed by atoms with Crippen molar-refractivity contribution in [1.29, 1.82) is 0 Å². The molecular formula is C18H19FN2O2. The quantitative estimate of drug-likeness (QED) is 0.922. The Morgan fingerprint density at radius 3 is 2.43 bits per heavy atom. The highest BCUT2D eigenvalue weighted by Crippen LogP contribution is 2.25. The number of aryl methyl sites for hydroxylation is 1. The number of halogens is 1. The Balaban J connectivity index is 2.36. The van der Waals surface area contributed by atoms with Crippen molar-refractivity contribution in [2.75, 3.05) is 7.05 Å². The minimum Gasteiger partial charge on any atom is -0.370 e. The molecule has 2 aromatic rings. The van der Waals surface area contributed by atoms with Crippen LogP contribution in [0.25, 0.3) is 0 Å². The maximum atomic E-state index is 13.5. The number of hydrogen-bond acceptors (Lipinski definition) is 2. The molecule has 0 aliphatic heterocycles. The summed E-state index contributed by atoms with van der Waals surface area (Å²) in [5.74, 6) is -1.33. The standard InChI is InChI=1S/C18H19FN2O2/c1-12-8-9-14(19)10-15(12)18(23)21(2)16(11-17(20)22)13-6-4-3-5-7-13/h3-10,16H,11H2,1-2H3,(H2,20,22)/t16-/m1/s1. The first-order chi connectivity index (χ1) is 10.9. The van der Waals surface area contributed by atoms with E-state index in [4.69, 9.17) is 5.73 Å². The lowest BCUT2D eigenvalue weighted by atomic mass is 10.00. The van der Waals surface area contributed by atoms with E-state index in [9.17, 15) is 14.0 Å². The van der Waals surface area contributed by atoms with E-state index in [2.05, 4.69) is 0 Å². The molecule has 2 amide bonds. The molecule has 23 heavy (non-hydrogen) atoms. The van der Waals surface area contributed by atoms with E-state index in [0.29, 0.717) is 5.56 Å². The second-order valence-electron chi connectivity index (χ2n) is 5.47. The van der Waals surface area contributed by atoms with E-state index in [1.54, 1.807) is 20.0 Å². The predicted octanol–water partition coefficient (Wildman–Crippen LogP) is 2.82. The number of amides is 2. The van der Waals surface area contributed by atoms with Gasteiger partial charge in [-0.05, 0) is 30.2 Å². The van der Waals surface area contributed by atoms with E-state index in [-0.39, 0.29) is 17.9 Å². The molecule has 4 nitrogen and oxygen atoms in total. The molecule has 0 saturated carbocycles. The molecule has 5 heteroatoms. The minimum absolute atomic E-state index is 0.000612. The van der Waals surface area contributed by atoms with E-state index < -0.39 is 17.8 Å². The molecule has 0 unspecified atom stereocenters. The van der Waals surface area contributed by atoms with Gasteiger partial charge in [-0.1, -0.05) is 36.4 Å². The van der Waals surface area contributed by atoms with Gasteiger partial charge in [0.1, 0.15) is 5.82 Å². The smallest absolute Gasteiger partial charge is 0.254 e. The van der Waals surface area contributed by atoms with E-state index in [1.165, 1.54) is 17.0 Å². The van der Waals surface area contributed by atoms with Gasteiger partial charge in [0, 0.05) is 12.6 Å². The summed E-state index contributed by atoms with van der Waals surface area (Å²) >= 11 is 0. The molecule has 0 fully saturated rings. The zero-order chi connectivity index (χ0) is 17.0. The van der Waals surface area contributed by atoms with Crippen LogP contribution in [0.1, 0.15) is 33.9 Å². The molecule has 2 rings (SSSR count). The first kappa shape index (κ1) is 16.7. The van der Waals surface area contributed by atoms with Crippen LogP contribution in [-0.4, -0.2) is 23.8 Å². The largest absolute Gasteiger partial charge is 0.370 e. The van der Waals surface area contributed by atoms with Crippen molar-refractivity contribution in [2.24, 2.45) is 5.73 Å². The summed E-state index contributed by atoms with van der Waals surface area (Å²) in [6, 6.07) is 12.7. The Morgan fingerprint density at radius 1 is 1.17 bits per heavy atom. The van der Waals surface area contributed by atoms with E-state index in [0.717, 1.165) is 5.56 Å². The van der Waals surface area contributed by atoms with Crippen molar-refractivity contribution in [1.82, 2.24) is 4.90 Å². The van der Waals surface area contributed by atoms with E-state index >= 15 is 0 Å². The Kier molecular flexibility index (Phi) is 5.11. The van der Waals surface area contributed by atoms with Crippen LogP contribution in [0.3, 0.4) is 0 Å². The second-order valence-corrected chi connectivity index (χ2v) is 5.47. The number of carbonyl (C=O) groups excluding carboxylic acids is 2. The van der Waals surface area contributed by atoms with Crippen LogP contribution in [-0.2, 0) is 4.79 Å². The van der Waals surface area contributed by atoms with Crippen LogP contribution >= 0.6 is 0 Å². The van der Waals surface area contributed by atoms with Crippen LogP contribution in [0.2, 0.25) is 0 Å². The molecule has 0 saturated heterocycles. The summed E-state index contributed by atoms with van der Waals surface area (Å²) in [6.45, 7) is 1.74. The van der Waals surface area contributed by atoms with Gasteiger partial charge in [0.2, 0.25) is 5.91 Å². The number of primary amides is 1. The van der Waals surface area contributed by atoms with Gasteiger partial charge in [0.05, 0.1) is 12.5 Å². The summed E-state index contributed by atoms with van der Waals surface area (Å²) in [5.41, 5.74) is 7.08. The molecule has 120 valence electrons. The van der Waals surface area contributed by atoms with Gasteiger partial charge in [-0.3, -0.25) is 9.59 Å². The Bertz CT molecular complexity index is 716. The number of carbonyl (C=O) groups is 2. The van der Waals surface area contributed by atoms with Crippen molar-refractivity contribution in [3.8, 4) is 0 Å². The highest BCUT2D eigenvalue weighted by molar-refractivity contribution is 5.96. The lowest BCUT2D eigenvalue weighted by molar-refractivity contribution is -0.119. The maximum Gasteiger partial charge on any atom is 0.254 e. The SMILES string of the molecule is Cc1ccc(F)cc1C(=O)N(C)[C@H](CC(N)=O)c1ccccc1. The zero-order valence-corrected chi connectivity index (χ0v) is 13.1. The highest BCUT2D eigenvalue weighted by atomic mass is 19.1. The summed E-state index contributed by atoms with van der Waals surface area (Å²) in [6.07, 6.45) is 0.000612. The van der Waals surface area contributed by atoms with Gasteiger partial charge in [-0.2, -0.15) is 0 Å².